The number of nitrogens with zero attached hydrogens (tertiary/aromatic N) is 3. The number of likely N-dealkylation sites (tertiary alicyclic amines) is 1. The summed E-state index contributed by atoms with van der Waals surface area (Å²) in [5.74, 6) is 2.80. The summed E-state index contributed by atoms with van der Waals surface area (Å²) in [4.78, 5) is 23.0. The Morgan fingerprint density at radius 1 is 1.19 bits per heavy atom. The standard InChI is InChI=1S/C24H28N4O3/c29-23(19-2-1-3-20-18(19)6-10-25-20)28-11-8-24(9-12-28)15-16(7-13-30-24)14-21-26-22(27-31-21)17-4-5-17/h1-3,6,10,16-17,25H,4-5,7-9,11-15H2. The molecule has 1 saturated carbocycles. The largest absolute Gasteiger partial charge is 0.375 e. The summed E-state index contributed by atoms with van der Waals surface area (Å²) in [6, 6.07) is 7.86. The average molecular weight is 421 g/mol. The lowest BCUT2D eigenvalue weighted by Crippen LogP contribution is -2.51. The summed E-state index contributed by atoms with van der Waals surface area (Å²) in [5, 5.41) is 5.15. The Balaban J connectivity index is 1.10. The van der Waals surface area contributed by atoms with Crippen LogP contribution in [-0.4, -0.2) is 51.2 Å². The molecule has 2 aromatic heterocycles. The van der Waals surface area contributed by atoms with E-state index in [0.717, 1.165) is 80.0 Å². The number of amides is 1. The van der Waals surface area contributed by atoms with Crippen molar-refractivity contribution in [2.45, 2.75) is 56.5 Å². The first kappa shape index (κ1) is 19.0. The van der Waals surface area contributed by atoms with Crippen LogP contribution in [0, 0.1) is 5.92 Å². The molecule has 6 rings (SSSR count). The lowest BCUT2D eigenvalue weighted by molar-refractivity contribution is -0.123. The molecule has 7 heteroatoms. The van der Waals surface area contributed by atoms with Crippen LogP contribution in [0.3, 0.4) is 0 Å². The number of fused-ring (bicyclic) bond motifs is 1. The molecule has 1 atom stereocenters. The predicted molar refractivity (Wildman–Crippen MR) is 115 cm³/mol. The molecule has 1 aliphatic carbocycles. The van der Waals surface area contributed by atoms with Gasteiger partial charge in [0.05, 0.1) is 5.60 Å². The Bertz CT molecular complexity index is 1090. The number of H-pyrrole nitrogens is 1. The normalized spacial score (nSPS) is 23.5. The van der Waals surface area contributed by atoms with Gasteiger partial charge in [0.25, 0.3) is 5.91 Å². The van der Waals surface area contributed by atoms with Gasteiger partial charge in [0.15, 0.2) is 5.82 Å². The van der Waals surface area contributed by atoms with Gasteiger partial charge in [-0.1, -0.05) is 11.2 Å². The van der Waals surface area contributed by atoms with Gasteiger partial charge in [-0.3, -0.25) is 4.79 Å². The monoisotopic (exact) mass is 420 g/mol. The third-order valence-electron chi connectivity index (χ3n) is 7.27. The fourth-order valence-electron chi connectivity index (χ4n) is 5.32. The number of benzene rings is 1. The highest BCUT2D eigenvalue weighted by Crippen LogP contribution is 2.40. The molecular weight excluding hydrogens is 392 g/mol. The number of piperidine rings is 1. The van der Waals surface area contributed by atoms with E-state index in [4.69, 9.17) is 9.26 Å². The van der Waals surface area contributed by atoms with E-state index in [1.165, 1.54) is 12.8 Å². The first-order chi connectivity index (χ1) is 15.2. The van der Waals surface area contributed by atoms with Gasteiger partial charge in [0.2, 0.25) is 5.89 Å². The van der Waals surface area contributed by atoms with E-state index < -0.39 is 0 Å². The fraction of sp³-hybridized carbons (Fsp3) is 0.542. The van der Waals surface area contributed by atoms with Gasteiger partial charge in [-0.05, 0) is 62.6 Å². The second-order valence-corrected chi connectivity index (χ2v) is 9.45. The number of carbonyl (C=O) groups excluding carboxylic acids is 1. The van der Waals surface area contributed by atoms with E-state index in [-0.39, 0.29) is 11.5 Å². The summed E-state index contributed by atoms with van der Waals surface area (Å²) in [6.45, 7) is 2.24. The van der Waals surface area contributed by atoms with Crippen LogP contribution in [0.4, 0.5) is 0 Å². The topological polar surface area (TPSA) is 84.3 Å². The lowest BCUT2D eigenvalue weighted by atomic mass is 9.78. The maximum absolute atomic E-state index is 13.2. The number of ether oxygens (including phenoxy) is 1. The zero-order chi connectivity index (χ0) is 20.8. The molecule has 1 aromatic carbocycles. The molecule has 2 aliphatic heterocycles. The number of hydrogen-bond donors (Lipinski definition) is 1. The van der Waals surface area contributed by atoms with Gasteiger partial charge in [0.1, 0.15) is 0 Å². The van der Waals surface area contributed by atoms with Crippen LogP contribution in [0.1, 0.15) is 66.5 Å². The second kappa shape index (κ2) is 7.48. The lowest BCUT2D eigenvalue weighted by Gasteiger charge is -2.46. The molecule has 0 bridgehead atoms. The average Bonchev–Trinajstić information content (AvgIpc) is 3.34. The van der Waals surface area contributed by atoms with E-state index in [9.17, 15) is 4.79 Å². The zero-order valence-corrected chi connectivity index (χ0v) is 17.7. The SMILES string of the molecule is O=C(c1cccc2[nH]ccc12)N1CCC2(CC1)CC(Cc1nc(C3CC3)no1)CCO2. The van der Waals surface area contributed by atoms with Crippen LogP contribution < -0.4 is 0 Å². The summed E-state index contributed by atoms with van der Waals surface area (Å²) in [5.41, 5.74) is 1.66. The fourth-order valence-corrected chi connectivity index (χ4v) is 5.32. The second-order valence-electron chi connectivity index (χ2n) is 9.45. The Kier molecular flexibility index (Phi) is 4.60. The van der Waals surface area contributed by atoms with E-state index in [1.807, 2.05) is 35.4 Å². The summed E-state index contributed by atoms with van der Waals surface area (Å²) >= 11 is 0. The predicted octanol–water partition coefficient (Wildman–Crippen LogP) is 4.07. The minimum Gasteiger partial charge on any atom is -0.375 e. The molecule has 4 heterocycles. The minimum absolute atomic E-state index is 0.117. The van der Waals surface area contributed by atoms with Crippen LogP contribution in [0.5, 0.6) is 0 Å². The molecule has 1 spiro atoms. The van der Waals surface area contributed by atoms with Gasteiger partial charge in [-0.25, -0.2) is 0 Å². The van der Waals surface area contributed by atoms with Crippen molar-refractivity contribution in [1.82, 2.24) is 20.0 Å². The highest BCUT2D eigenvalue weighted by Gasteiger charge is 2.42. The van der Waals surface area contributed by atoms with E-state index >= 15 is 0 Å². The maximum Gasteiger partial charge on any atom is 0.254 e. The Labute approximate surface area is 181 Å². The van der Waals surface area contributed by atoms with Crippen molar-refractivity contribution in [3.05, 3.63) is 47.7 Å². The molecule has 3 fully saturated rings. The molecular formula is C24H28N4O3. The number of hydrogen-bond acceptors (Lipinski definition) is 5. The molecule has 0 radical (unpaired) electrons. The molecule has 3 aliphatic rings. The number of carbonyl (C=O) groups is 1. The molecule has 31 heavy (non-hydrogen) atoms. The Morgan fingerprint density at radius 2 is 2.06 bits per heavy atom. The molecule has 1 amide bonds. The van der Waals surface area contributed by atoms with Gasteiger partial charge >= 0.3 is 0 Å². The quantitative estimate of drug-likeness (QED) is 0.688. The van der Waals surface area contributed by atoms with Gasteiger partial charge in [-0.2, -0.15) is 4.98 Å². The molecule has 3 aromatic rings. The molecule has 7 nitrogen and oxygen atoms in total. The number of aromatic nitrogens is 3. The molecule has 2 saturated heterocycles. The van der Waals surface area contributed by atoms with Crippen LogP contribution >= 0.6 is 0 Å². The van der Waals surface area contributed by atoms with Crippen molar-refractivity contribution in [3.8, 4) is 0 Å². The Hall–Kier alpha value is -2.67. The summed E-state index contributed by atoms with van der Waals surface area (Å²) in [6.07, 6.45) is 8.90. The van der Waals surface area contributed by atoms with E-state index in [0.29, 0.717) is 11.8 Å². The summed E-state index contributed by atoms with van der Waals surface area (Å²) < 4.78 is 11.8. The van der Waals surface area contributed by atoms with Gasteiger partial charge in [-0.15, -0.1) is 0 Å². The van der Waals surface area contributed by atoms with E-state index in [1.54, 1.807) is 0 Å². The first-order valence-electron chi connectivity index (χ1n) is 11.5. The molecule has 1 unspecified atom stereocenters. The third-order valence-corrected chi connectivity index (χ3v) is 7.27. The van der Waals surface area contributed by atoms with Crippen LogP contribution in [0.15, 0.2) is 35.0 Å². The number of rotatable bonds is 4. The van der Waals surface area contributed by atoms with Gasteiger partial charge in [0, 0.05) is 54.7 Å². The van der Waals surface area contributed by atoms with Crippen LogP contribution in [-0.2, 0) is 11.2 Å². The smallest absolute Gasteiger partial charge is 0.254 e. The van der Waals surface area contributed by atoms with Crippen molar-refractivity contribution in [1.29, 1.82) is 0 Å². The Morgan fingerprint density at radius 3 is 2.90 bits per heavy atom. The van der Waals surface area contributed by atoms with Crippen molar-refractivity contribution < 1.29 is 14.1 Å². The third kappa shape index (κ3) is 3.65. The zero-order valence-electron chi connectivity index (χ0n) is 17.7. The van der Waals surface area contributed by atoms with Crippen molar-refractivity contribution in [2.24, 2.45) is 5.92 Å². The first-order valence-corrected chi connectivity index (χ1v) is 11.5. The van der Waals surface area contributed by atoms with E-state index in [2.05, 4.69) is 15.1 Å². The van der Waals surface area contributed by atoms with Crippen LogP contribution in [0.25, 0.3) is 10.9 Å². The molecule has 162 valence electrons. The van der Waals surface area contributed by atoms with Crippen LogP contribution in [0.2, 0.25) is 0 Å². The number of aromatic amines is 1. The minimum atomic E-state index is -0.126. The summed E-state index contributed by atoms with van der Waals surface area (Å²) in [7, 11) is 0. The maximum atomic E-state index is 13.2. The molecule has 1 N–H and O–H groups in total. The highest BCUT2D eigenvalue weighted by atomic mass is 16.5. The van der Waals surface area contributed by atoms with Gasteiger partial charge < -0.3 is 19.1 Å². The highest BCUT2D eigenvalue weighted by molar-refractivity contribution is 6.06. The number of nitrogens with one attached hydrogen (secondary N) is 1. The van der Waals surface area contributed by atoms with Crippen molar-refractivity contribution >= 4 is 16.8 Å². The van der Waals surface area contributed by atoms with Crippen molar-refractivity contribution in [2.75, 3.05) is 19.7 Å². The van der Waals surface area contributed by atoms with Crippen molar-refractivity contribution in [3.63, 3.8) is 0 Å².